The molecule has 104 valence electrons. The standard InChI is InChI=1S/C16H13N3O2/c1-9(7-14(18)20)13(8-17)19-15-10(2)11-5-3-4-6-12(11)16(15)21/h3-6H,1,7H2,2H3,(H2,18,20)/b19-13-. The monoisotopic (exact) mass is 279 g/mol. The largest absolute Gasteiger partial charge is 0.369 e. The maximum absolute atomic E-state index is 12.3. The van der Waals surface area contributed by atoms with Gasteiger partial charge < -0.3 is 5.73 Å². The first-order valence-corrected chi connectivity index (χ1v) is 6.26. The summed E-state index contributed by atoms with van der Waals surface area (Å²) in [6.07, 6.45) is -0.167. The quantitative estimate of drug-likeness (QED) is 0.854. The van der Waals surface area contributed by atoms with Crippen LogP contribution in [0.4, 0.5) is 0 Å². The number of aliphatic imine (C=N–C) groups is 1. The predicted molar refractivity (Wildman–Crippen MR) is 79.4 cm³/mol. The molecule has 0 bridgehead atoms. The van der Waals surface area contributed by atoms with Crippen molar-refractivity contribution in [2.24, 2.45) is 10.7 Å². The summed E-state index contributed by atoms with van der Waals surface area (Å²) in [5.41, 5.74) is 7.50. The first-order valence-electron chi connectivity index (χ1n) is 6.26. The van der Waals surface area contributed by atoms with E-state index in [0.29, 0.717) is 11.1 Å². The molecule has 0 aromatic heterocycles. The first-order chi connectivity index (χ1) is 9.95. The van der Waals surface area contributed by atoms with Gasteiger partial charge in [0.2, 0.25) is 11.7 Å². The summed E-state index contributed by atoms with van der Waals surface area (Å²) >= 11 is 0. The van der Waals surface area contributed by atoms with Gasteiger partial charge in [-0.3, -0.25) is 9.59 Å². The number of nitrogens with zero attached hydrogens (tertiary/aromatic N) is 2. The third-order valence-corrected chi connectivity index (χ3v) is 3.20. The molecule has 0 spiro atoms. The van der Waals surface area contributed by atoms with Gasteiger partial charge in [0.05, 0.1) is 6.42 Å². The van der Waals surface area contributed by atoms with Gasteiger partial charge in [0, 0.05) is 5.56 Å². The third-order valence-electron chi connectivity index (χ3n) is 3.20. The normalized spacial score (nSPS) is 13.9. The molecule has 5 nitrogen and oxygen atoms in total. The molecule has 0 atom stereocenters. The number of primary amides is 1. The minimum Gasteiger partial charge on any atom is -0.369 e. The molecular formula is C16H13N3O2. The molecule has 2 rings (SSSR count). The topological polar surface area (TPSA) is 96.3 Å². The molecule has 0 radical (unpaired) electrons. The summed E-state index contributed by atoms with van der Waals surface area (Å²) in [6.45, 7) is 5.39. The Morgan fingerprint density at radius 3 is 2.52 bits per heavy atom. The Morgan fingerprint density at radius 1 is 1.38 bits per heavy atom. The van der Waals surface area contributed by atoms with Crippen molar-refractivity contribution in [2.75, 3.05) is 0 Å². The number of hydrogen-bond donors (Lipinski definition) is 1. The second kappa shape index (κ2) is 5.55. The van der Waals surface area contributed by atoms with Gasteiger partial charge in [0.25, 0.3) is 0 Å². The SMILES string of the molecule is C=C(CC(N)=O)/C(C#N)=N\C1=C(C)c2ccccc2C1=O. The number of fused-ring (bicyclic) bond motifs is 1. The third kappa shape index (κ3) is 2.65. The van der Waals surface area contributed by atoms with E-state index in [4.69, 9.17) is 11.0 Å². The molecular weight excluding hydrogens is 266 g/mol. The molecule has 5 heteroatoms. The number of nitrogens with two attached hydrogens (primary N) is 1. The van der Waals surface area contributed by atoms with E-state index in [-0.39, 0.29) is 29.2 Å². The first kappa shape index (κ1) is 14.4. The van der Waals surface area contributed by atoms with Gasteiger partial charge in [-0.1, -0.05) is 30.8 Å². The highest BCUT2D eigenvalue weighted by atomic mass is 16.1. The van der Waals surface area contributed by atoms with Crippen LogP contribution in [0.15, 0.2) is 47.1 Å². The number of amides is 1. The molecule has 1 aromatic carbocycles. The maximum atomic E-state index is 12.3. The van der Waals surface area contributed by atoms with Gasteiger partial charge >= 0.3 is 0 Å². The van der Waals surface area contributed by atoms with E-state index in [2.05, 4.69) is 11.6 Å². The van der Waals surface area contributed by atoms with Gasteiger partial charge in [-0.05, 0) is 23.6 Å². The summed E-state index contributed by atoms with van der Waals surface area (Å²) < 4.78 is 0. The number of nitriles is 1. The van der Waals surface area contributed by atoms with Crippen molar-refractivity contribution in [3.8, 4) is 6.07 Å². The van der Waals surface area contributed by atoms with Crippen LogP contribution < -0.4 is 5.73 Å². The lowest BCUT2D eigenvalue weighted by molar-refractivity contribution is -0.117. The van der Waals surface area contributed by atoms with Crippen LogP contribution in [-0.2, 0) is 4.79 Å². The van der Waals surface area contributed by atoms with Gasteiger partial charge in [-0.15, -0.1) is 0 Å². The van der Waals surface area contributed by atoms with Crippen LogP contribution in [0.25, 0.3) is 5.57 Å². The summed E-state index contributed by atoms with van der Waals surface area (Å²) in [5.74, 6) is -0.836. The zero-order valence-electron chi connectivity index (χ0n) is 11.5. The van der Waals surface area contributed by atoms with Crippen molar-refractivity contribution in [3.63, 3.8) is 0 Å². The molecule has 0 aliphatic heterocycles. The number of allylic oxidation sites excluding steroid dienone is 2. The molecule has 0 heterocycles. The van der Waals surface area contributed by atoms with E-state index in [1.165, 1.54) is 0 Å². The lowest BCUT2D eigenvalue weighted by Gasteiger charge is -2.01. The fourth-order valence-electron chi connectivity index (χ4n) is 2.16. The Balaban J connectivity index is 2.44. The van der Waals surface area contributed by atoms with Crippen molar-refractivity contribution in [1.82, 2.24) is 0 Å². The Kier molecular flexibility index (Phi) is 3.81. The summed E-state index contributed by atoms with van der Waals surface area (Å²) in [4.78, 5) is 27.3. The van der Waals surface area contributed by atoms with Gasteiger partial charge in [-0.2, -0.15) is 5.26 Å². The Hall–Kier alpha value is -3.00. The van der Waals surface area contributed by atoms with Gasteiger partial charge in [0.1, 0.15) is 17.5 Å². The zero-order valence-corrected chi connectivity index (χ0v) is 11.5. The maximum Gasteiger partial charge on any atom is 0.221 e. The lowest BCUT2D eigenvalue weighted by atomic mass is 10.1. The van der Waals surface area contributed by atoms with Crippen LogP contribution in [0, 0.1) is 11.3 Å². The minimum atomic E-state index is -0.602. The highest BCUT2D eigenvalue weighted by Crippen LogP contribution is 2.33. The Bertz CT molecular complexity index is 764. The molecule has 1 amide bonds. The average Bonchev–Trinajstić information content (AvgIpc) is 2.68. The van der Waals surface area contributed by atoms with Crippen LogP contribution in [0.5, 0.6) is 0 Å². The number of hydrogen-bond acceptors (Lipinski definition) is 4. The van der Waals surface area contributed by atoms with Crippen LogP contribution in [0.3, 0.4) is 0 Å². The second-order valence-electron chi connectivity index (χ2n) is 4.67. The second-order valence-corrected chi connectivity index (χ2v) is 4.67. The Labute approximate surface area is 122 Å². The van der Waals surface area contributed by atoms with E-state index in [9.17, 15) is 9.59 Å². The number of benzene rings is 1. The van der Waals surface area contributed by atoms with E-state index < -0.39 is 5.91 Å². The number of ketones is 1. The number of carbonyl (C=O) groups is 2. The average molecular weight is 279 g/mol. The molecule has 21 heavy (non-hydrogen) atoms. The van der Waals surface area contributed by atoms with Crippen molar-refractivity contribution >= 4 is 23.0 Å². The zero-order chi connectivity index (χ0) is 15.6. The van der Waals surface area contributed by atoms with E-state index >= 15 is 0 Å². The molecule has 1 aromatic rings. The van der Waals surface area contributed by atoms with E-state index in [1.807, 2.05) is 18.2 Å². The molecule has 0 saturated heterocycles. The predicted octanol–water partition coefficient (Wildman–Crippen LogP) is 2.01. The van der Waals surface area contributed by atoms with Crippen LogP contribution in [0.2, 0.25) is 0 Å². The van der Waals surface area contributed by atoms with Crippen molar-refractivity contribution < 1.29 is 9.59 Å². The molecule has 1 aliphatic rings. The molecule has 0 fully saturated rings. The number of carbonyl (C=O) groups excluding carboxylic acids is 2. The summed E-state index contributed by atoms with van der Waals surface area (Å²) in [5, 5.41) is 9.13. The van der Waals surface area contributed by atoms with Crippen LogP contribution in [0.1, 0.15) is 29.3 Å². The fraction of sp³-hybridized carbons (Fsp3) is 0.125. The number of rotatable bonds is 4. The highest BCUT2D eigenvalue weighted by Gasteiger charge is 2.27. The molecule has 0 unspecified atom stereocenters. The smallest absolute Gasteiger partial charge is 0.221 e. The van der Waals surface area contributed by atoms with E-state index in [1.54, 1.807) is 19.1 Å². The van der Waals surface area contributed by atoms with Crippen molar-refractivity contribution in [2.45, 2.75) is 13.3 Å². The summed E-state index contributed by atoms with van der Waals surface area (Å²) in [7, 11) is 0. The minimum absolute atomic E-state index is 0.0516. The molecule has 2 N–H and O–H groups in total. The molecule has 1 aliphatic carbocycles. The van der Waals surface area contributed by atoms with Crippen LogP contribution >= 0.6 is 0 Å². The van der Waals surface area contributed by atoms with Crippen LogP contribution in [-0.4, -0.2) is 17.4 Å². The summed E-state index contributed by atoms with van der Waals surface area (Å²) in [6, 6.07) is 9.01. The lowest BCUT2D eigenvalue weighted by Crippen LogP contribution is -2.14. The van der Waals surface area contributed by atoms with E-state index in [0.717, 1.165) is 5.56 Å². The highest BCUT2D eigenvalue weighted by molar-refractivity contribution is 6.23. The Morgan fingerprint density at radius 2 is 2.00 bits per heavy atom. The fourth-order valence-corrected chi connectivity index (χ4v) is 2.16. The number of Topliss-reactive ketones (excluding diaryl/α,β-unsaturated/α-hetero) is 1. The van der Waals surface area contributed by atoms with Crippen molar-refractivity contribution in [3.05, 3.63) is 53.2 Å². The molecule has 0 saturated carbocycles. The van der Waals surface area contributed by atoms with Gasteiger partial charge in [0.15, 0.2) is 0 Å². The van der Waals surface area contributed by atoms with Gasteiger partial charge in [-0.25, -0.2) is 4.99 Å². The van der Waals surface area contributed by atoms with Crippen molar-refractivity contribution in [1.29, 1.82) is 5.26 Å².